The SMILES string of the molecule is COC[C@@H]1CCCN1/N=C/CCc1cc(OC)c(OC)c(OC)c1. The van der Waals surface area contributed by atoms with Crippen molar-refractivity contribution in [1.29, 1.82) is 0 Å². The summed E-state index contributed by atoms with van der Waals surface area (Å²) in [6.07, 6.45) is 6.03. The van der Waals surface area contributed by atoms with Crippen molar-refractivity contribution in [2.75, 3.05) is 41.6 Å². The van der Waals surface area contributed by atoms with Crippen molar-refractivity contribution in [3.8, 4) is 17.2 Å². The number of methoxy groups -OCH3 is 4. The standard InChI is InChI=1S/C18H28N2O4/c1-21-13-15-8-6-10-20(15)19-9-5-7-14-11-16(22-2)18(24-4)17(12-14)23-3/h9,11-12,15H,5-8,10,13H2,1-4H3/b19-9+/t15-/m0/s1. The maximum absolute atomic E-state index is 5.39. The van der Waals surface area contributed by atoms with Gasteiger partial charge < -0.3 is 18.9 Å². The average molecular weight is 336 g/mol. The molecule has 1 aliphatic heterocycles. The molecule has 0 spiro atoms. The minimum atomic E-state index is 0.410. The molecule has 6 heteroatoms. The van der Waals surface area contributed by atoms with E-state index in [4.69, 9.17) is 18.9 Å². The number of hydrogen-bond donors (Lipinski definition) is 0. The van der Waals surface area contributed by atoms with E-state index in [0.717, 1.165) is 38.0 Å². The molecule has 2 rings (SSSR count). The van der Waals surface area contributed by atoms with Gasteiger partial charge in [-0.05, 0) is 43.4 Å². The summed E-state index contributed by atoms with van der Waals surface area (Å²) in [4.78, 5) is 0. The van der Waals surface area contributed by atoms with Crippen molar-refractivity contribution in [2.45, 2.75) is 31.7 Å². The number of aryl methyl sites for hydroxylation is 1. The normalized spacial score (nSPS) is 17.5. The highest BCUT2D eigenvalue weighted by molar-refractivity contribution is 5.59. The van der Waals surface area contributed by atoms with Crippen LogP contribution >= 0.6 is 0 Å². The molecule has 0 radical (unpaired) electrons. The number of benzene rings is 1. The Hall–Kier alpha value is -1.95. The molecule has 0 amide bonds. The van der Waals surface area contributed by atoms with Gasteiger partial charge in [-0.15, -0.1) is 0 Å². The molecule has 0 bridgehead atoms. The van der Waals surface area contributed by atoms with E-state index in [1.54, 1.807) is 28.4 Å². The molecule has 24 heavy (non-hydrogen) atoms. The first-order chi connectivity index (χ1) is 11.7. The molecule has 6 nitrogen and oxygen atoms in total. The van der Waals surface area contributed by atoms with Crippen molar-refractivity contribution in [2.24, 2.45) is 5.10 Å². The van der Waals surface area contributed by atoms with Gasteiger partial charge in [0.2, 0.25) is 5.75 Å². The Kier molecular flexibility index (Phi) is 7.18. The van der Waals surface area contributed by atoms with Gasteiger partial charge in [0.15, 0.2) is 11.5 Å². The molecule has 1 atom stereocenters. The van der Waals surface area contributed by atoms with E-state index >= 15 is 0 Å². The lowest BCUT2D eigenvalue weighted by atomic mass is 10.1. The van der Waals surface area contributed by atoms with Crippen LogP contribution in [-0.2, 0) is 11.2 Å². The highest BCUT2D eigenvalue weighted by Gasteiger charge is 2.22. The van der Waals surface area contributed by atoms with Gasteiger partial charge in [-0.3, -0.25) is 5.01 Å². The largest absolute Gasteiger partial charge is 0.493 e. The predicted molar refractivity (Wildman–Crippen MR) is 94.5 cm³/mol. The molecule has 1 aromatic carbocycles. The molecule has 1 fully saturated rings. The minimum Gasteiger partial charge on any atom is -0.493 e. The minimum absolute atomic E-state index is 0.410. The first kappa shape index (κ1) is 18.4. The fourth-order valence-corrected chi connectivity index (χ4v) is 3.01. The number of nitrogens with zero attached hydrogens (tertiary/aromatic N) is 2. The van der Waals surface area contributed by atoms with Crippen LogP contribution < -0.4 is 14.2 Å². The van der Waals surface area contributed by atoms with Crippen LogP contribution in [0.1, 0.15) is 24.8 Å². The van der Waals surface area contributed by atoms with E-state index in [-0.39, 0.29) is 0 Å². The summed E-state index contributed by atoms with van der Waals surface area (Å²) in [7, 11) is 6.61. The van der Waals surface area contributed by atoms with Crippen LogP contribution in [0.4, 0.5) is 0 Å². The second kappa shape index (κ2) is 9.37. The molecule has 134 valence electrons. The lowest BCUT2D eigenvalue weighted by Crippen LogP contribution is -2.28. The maximum atomic E-state index is 5.39. The first-order valence-electron chi connectivity index (χ1n) is 8.30. The van der Waals surface area contributed by atoms with Crippen molar-refractivity contribution < 1.29 is 18.9 Å². The summed E-state index contributed by atoms with van der Waals surface area (Å²) < 4.78 is 21.4. The van der Waals surface area contributed by atoms with E-state index in [2.05, 4.69) is 10.1 Å². The van der Waals surface area contributed by atoms with E-state index < -0.39 is 0 Å². The Labute approximate surface area is 144 Å². The third-order valence-electron chi connectivity index (χ3n) is 4.22. The van der Waals surface area contributed by atoms with Crippen molar-refractivity contribution >= 4 is 6.21 Å². The second-order valence-corrected chi connectivity index (χ2v) is 5.78. The summed E-state index contributed by atoms with van der Waals surface area (Å²) >= 11 is 0. The van der Waals surface area contributed by atoms with E-state index in [9.17, 15) is 0 Å². The molecule has 1 aliphatic rings. The predicted octanol–water partition coefficient (Wildman–Crippen LogP) is 2.74. The van der Waals surface area contributed by atoms with E-state index in [0.29, 0.717) is 23.3 Å². The second-order valence-electron chi connectivity index (χ2n) is 5.78. The van der Waals surface area contributed by atoms with Gasteiger partial charge in [-0.1, -0.05) is 0 Å². The van der Waals surface area contributed by atoms with Gasteiger partial charge in [-0.25, -0.2) is 0 Å². The Morgan fingerprint density at radius 3 is 2.42 bits per heavy atom. The Morgan fingerprint density at radius 2 is 1.83 bits per heavy atom. The van der Waals surface area contributed by atoms with E-state index in [1.165, 1.54) is 6.42 Å². The number of hydrazone groups is 1. The average Bonchev–Trinajstić information content (AvgIpc) is 3.05. The van der Waals surface area contributed by atoms with Crippen molar-refractivity contribution in [1.82, 2.24) is 5.01 Å². The van der Waals surface area contributed by atoms with Gasteiger partial charge in [0.25, 0.3) is 0 Å². The number of rotatable bonds is 9. The van der Waals surface area contributed by atoms with Gasteiger partial charge in [0.1, 0.15) is 0 Å². The van der Waals surface area contributed by atoms with Crippen LogP contribution in [0.15, 0.2) is 17.2 Å². The zero-order chi connectivity index (χ0) is 17.4. The Morgan fingerprint density at radius 1 is 1.12 bits per heavy atom. The summed E-state index contributed by atoms with van der Waals surface area (Å²) in [5, 5.41) is 6.74. The van der Waals surface area contributed by atoms with Gasteiger partial charge in [0.05, 0.1) is 34.0 Å². The molecule has 0 saturated carbocycles. The first-order valence-corrected chi connectivity index (χ1v) is 8.30. The third-order valence-corrected chi connectivity index (χ3v) is 4.22. The molecule has 1 saturated heterocycles. The zero-order valence-electron chi connectivity index (χ0n) is 15.1. The highest BCUT2D eigenvalue weighted by atomic mass is 16.5. The quantitative estimate of drug-likeness (QED) is 0.649. The van der Waals surface area contributed by atoms with Gasteiger partial charge in [0, 0.05) is 19.9 Å². The van der Waals surface area contributed by atoms with Crippen LogP contribution in [0.2, 0.25) is 0 Å². The summed E-state index contributed by atoms with van der Waals surface area (Å²) in [6, 6.07) is 4.38. The molecular formula is C18H28N2O4. The van der Waals surface area contributed by atoms with Crippen LogP contribution in [-0.4, -0.2) is 58.9 Å². The molecule has 0 aromatic heterocycles. The van der Waals surface area contributed by atoms with Crippen LogP contribution in [0.3, 0.4) is 0 Å². The molecule has 1 aromatic rings. The molecular weight excluding hydrogens is 308 g/mol. The smallest absolute Gasteiger partial charge is 0.203 e. The lowest BCUT2D eigenvalue weighted by Gasteiger charge is -2.20. The highest BCUT2D eigenvalue weighted by Crippen LogP contribution is 2.38. The molecule has 0 N–H and O–H groups in total. The third kappa shape index (κ3) is 4.54. The molecule has 0 unspecified atom stereocenters. The summed E-state index contributed by atoms with van der Waals surface area (Å²) in [6.45, 7) is 1.75. The zero-order valence-corrected chi connectivity index (χ0v) is 15.1. The lowest BCUT2D eigenvalue weighted by molar-refractivity contribution is 0.118. The van der Waals surface area contributed by atoms with E-state index in [1.807, 2.05) is 18.3 Å². The number of hydrogen-bond acceptors (Lipinski definition) is 6. The monoisotopic (exact) mass is 336 g/mol. The fraction of sp³-hybridized carbons (Fsp3) is 0.611. The molecule has 0 aliphatic carbocycles. The van der Waals surface area contributed by atoms with Crippen LogP contribution in [0.25, 0.3) is 0 Å². The Bertz CT molecular complexity index is 523. The topological polar surface area (TPSA) is 52.5 Å². The van der Waals surface area contributed by atoms with Crippen LogP contribution in [0, 0.1) is 0 Å². The summed E-state index contributed by atoms with van der Waals surface area (Å²) in [5.74, 6) is 1.99. The maximum Gasteiger partial charge on any atom is 0.203 e. The van der Waals surface area contributed by atoms with Crippen molar-refractivity contribution in [3.63, 3.8) is 0 Å². The Balaban J connectivity index is 1.95. The van der Waals surface area contributed by atoms with Gasteiger partial charge >= 0.3 is 0 Å². The van der Waals surface area contributed by atoms with Crippen molar-refractivity contribution in [3.05, 3.63) is 17.7 Å². The van der Waals surface area contributed by atoms with Gasteiger partial charge in [-0.2, -0.15) is 5.10 Å². The molecule has 1 heterocycles. The van der Waals surface area contributed by atoms with Crippen LogP contribution in [0.5, 0.6) is 17.2 Å². The fourth-order valence-electron chi connectivity index (χ4n) is 3.01. The summed E-state index contributed by atoms with van der Waals surface area (Å²) in [5.41, 5.74) is 1.13. The number of ether oxygens (including phenoxy) is 4.